The fourth-order valence-electron chi connectivity index (χ4n) is 3.00. The summed E-state index contributed by atoms with van der Waals surface area (Å²) in [7, 11) is -2.38. The number of nitrogens with zero attached hydrogens (tertiary/aromatic N) is 1. The van der Waals surface area contributed by atoms with E-state index in [0.29, 0.717) is 13.0 Å². The first-order chi connectivity index (χ1) is 14.9. The van der Waals surface area contributed by atoms with Crippen LogP contribution < -0.4 is 14.4 Å². The highest BCUT2D eigenvalue weighted by Gasteiger charge is 2.28. The first-order valence-corrected chi connectivity index (χ1v) is 11.5. The maximum absolute atomic E-state index is 13.3. The summed E-state index contributed by atoms with van der Waals surface area (Å²) in [6.45, 7) is -0.0174. The monoisotopic (exact) mass is 458 g/mol. The second kappa shape index (κ2) is 10.3. The number of sulfonamides is 1. The maximum atomic E-state index is 13.3. The summed E-state index contributed by atoms with van der Waals surface area (Å²) in [4.78, 5) is 12.7. The van der Waals surface area contributed by atoms with Gasteiger partial charge in [-0.25, -0.2) is 8.42 Å². The number of ether oxygens (including phenoxy) is 1. The zero-order valence-electron chi connectivity index (χ0n) is 17.0. The molecule has 0 spiro atoms. The van der Waals surface area contributed by atoms with Crippen LogP contribution in [-0.4, -0.2) is 34.5 Å². The van der Waals surface area contributed by atoms with Gasteiger partial charge in [0.2, 0.25) is 5.91 Å². The van der Waals surface area contributed by atoms with Crippen LogP contribution in [0.1, 0.15) is 5.56 Å². The second-order valence-electron chi connectivity index (χ2n) is 6.72. The molecule has 0 fully saturated rings. The average molecular weight is 459 g/mol. The Kier molecular flexibility index (Phi) is 7.55. The lowest BCUT2D eigenvalue weighted by Gasteiger charge is -2.25. The second-order valence-corrected chi connectivity index (χ2v) is 8.99. The molecule has 0 heterocycles. The molecule has 0 radical (unpaired) electrons. The number of benzene rings is 3. The third-order valence-electron chi connectivity index (χ3n) is 4.63. The first-order valence-electron chi connectivity index (χ1n) is 9.64. The van der Waals surface area contributed by atoms with E-state index >= 15 is 0 Å². The van der Waals surface area contributed by atoms with Crippen molar-refractivity contribution in [3.05, 3.63) is 89.4 Å². The van der Waals surface area contributed by atoms with E-state index in [1.54, 1.807) is 49.6 Å². The molecule has 162 valence electrons. The van der Waals surface area contributed by atoms with E-state index < -0.39 is 15.9 Å². The molecule has 0 aromatic heterocycles. The van der Waals surface area contributed by atoms with E-state index in [4.69, 9.17) is 16.3 Å². The van der Waals surface area contributed by atoms with Gasteiger partial charge < -0.3 is 10.1 Å². The summed E-state index contributed by atoms with van der Waals surface area (Å²) in [5, 5.41) is 3.03. The van der Waals surface area contributed by atoms with E-state index in [2.05, 4.69) is 5.32 Å². The van der Waals surface area contributed by atoms with Gasteiger partial charge in [-0.05, 0) is 48.4 Å². The number of methoxy groups -OCH3 is 1. The number of carbonyl (C=O) groups is 1. The van der Waals surface area contributed by atoms with Gasteiger partial charge in [0.15, 0.2) is 0 Å². The molecule has 3 rings (SSSR count). The molecule has 0 saturated heterocycles. The molecule has 31 heavy (non-hydrogen) atoms. The first kappa shape index (κ1) is 22.7. The molecule has 0 saturated carbocycles. The van der Waals surface area contributed by atoms with Crippen LogP contribution in [-0.2, 0) is 21.2 Å². The zero-order chi connectivity index (χ0) is 22.3. The number of nitrogens with one attached hydrogen (secondary N) is 1. The summed E-state index contributed by atoms with van der Waals surface area (Å²) in [5.41, 5.74) is 1.28. The summed E-state index contributed by atoms with van der Waals surface area (Å²) < 4.78 is 32.7. The molecule has 0 aliphatic rings. The normalized spacial score (nSPS) is 11.0. The number of hydrogen-bond donors (Lipinski definition) is 1. The number of rotatable bonds is 9. The SMILES string of the molecule is COc1ccc(CCNC(=O)CN(c2ccccc2Cl)S(=O)(=O)c2ccccc2)cc1. The van der Waals surface area contributed by atoms with Crippen LogP contribution in [0.4, 0.5) is 5.69 Å². The van der Waals surface area contributed by atoms with Crippen molar-refractivity contribution in [1.29, 1.82) is 0 Å². The molecule has 0 bridgehead atoms. The van der Waals surface area contributed by atoms with Crippen molar-refractivity contribution in [2.24, 2.45) is 0 Å². The fourth-order valence-corrected chi connectivity index (χ4v) is 4.75. The van der Waals surface area contributed by atoms with Crippen molar-refractivity contribution < 1.29 is 17.9 Å². The van der Waals surface area contributed by atoms with Gasteiger partial charge >= 0.3 is 0 Å². The van der Waals surface area contributed by atoms with Gasteiger partial charge in [-0.3, -0.25) is 9.10 Å². The lowest BCUT2D eigenvalue weighted by molar-refractivity contribution is -0.119. The lowest BCUT2D eigenvalue weighted by atomic mass is 10.1. The van der Waals surface area contributed by atoms with E-state index in [9.17, 15) is 13.2 Å². The topological polar surface area (TPSA) is 75.7 Å². The Hall–Kier alpha value is -3.03. The summed E-state index contributed by atoms with van der Waals surface area (Å²) in [6.07, 6.45) is 0.604. The number of hydrogen-bond acceptors (Lipinski definition) is 4. The van der Waals surface area contributed by atoms with Crippen molar-refractivity contribution >= 4 is 33.2 Å². The van der Waals surface area contributed by atoms with Crippen LogP contribution in [0.5, 0.6) is 5.75 Å². The molecule has 0 atom stereocenters. The van der Waals surface area contributed by atoms with E-state index in [-0.39, 0.29) is 22.2 Å². The zero-order valence-corrected chi connectivity index (χ0v) is 18.6. The van der Waals surface area contributed by atoms with Crippen LogP contribution in [0.25, 0.3) is 0 Å². The minimum atomic E-state index is -3.98. The Morgan fingerprint density at radius 2 is 1.61 bits per heavy atom. The largest absolute Gasteiger partial charge is 0.497 e. The van der Waals surface area contributed by atoms with Crippen molar-refractivity contribution in [2.45, 2.75) is 11.3 Å². The molecule has 0 aliphatic heterocycles. The summed E-state index contributed by atoms with van der Waals surface area (Å²) in [6, 6.07) is 22.0. The highest BCUT2D eigenvalue weighted by atomic mass is 35.5. The predicted molar refractivity (Wildman–Crippen MR) is 122 cm³/mol. The van der Waals surface area contributed by atoms with E-state index in [0.717, 1.165) is 15.6 Å². The third-order valence-corrected chi connectivity index (χ3v) is 6.73. The molecule has 1 N–H and O–H groups in total. The van der Waals surface area contributed by atoms with Crippen LogP contribution in [0.3, 0.4) is 0 Å². The molecule has 1 amide bonds. The molecular formula is C23H23ClN2O4S. The van der Waals surface area contributed by atoms with Crippen molar-refractivity contribution in [2.75, 3.05) is 24.5 Å². The van der Waals surface area contributed by atoms with Gasteiger partial charge in [-0.15, -0.1) is 0 Å². The van der Waals surface area contributed by atoms with Gasteiger partial charge in [0.1, 0.15) is 12.3 Å². The number of amides is 1. The van der Waals surface area contributed by atoms with Gasteiger partial charge in [-0.2, -0.15) is 0 Å². The fraction of sp³-hybridized carbons (Fsp3) is 0.174. The van der Waals surface area contributed by atoms with Crippen molar-refractivity contribution in [3.8, 4) is 5.75 Å². The minimum absolute atomic E-state index is 0.0842. The Morgan fingerprint density at radius 1 is 0.968 bits per heavy atom. The van der Waals surface area contributed by atoms with Gasteiger partial charge in [-0.1, -0.05) is 54.1 Å². The standard InChI is InChI=1S/C23H23ClN2O4S/c1-30-19-13-11-18(12-14-19)15-16-25-23(27)17-26(22-10-6-5-9-21(22)24)31(28,29)20-7-3-2-4-8-20/h2-14H,15-17H2,1H3,(H,25,27). The highest BCUT2D eigenvalue weighted by Crippen LogP contribution is 2.30. The van der Waals surface area contributed by atoms with Crippen LogP contribution in [0, 0.1) is 0 Å². The number of carbonyl (C=O) groups excluding carboxylic acids is 1. The Balaban J connectivity index is 1.74. The molecule has 0 aliphatic carbocycles. The maximum Gasteiger partial charge on any atom is 0.264 e. The number of para-hydroxylation sites is 1. The van der Waals surface area contributed by atoms with Gasteiger partial charge in [0.25, 0.3) is 10.0 Å². The van der Waals surface area contributed by atoms with Gasteiger partial charge in [0.05, 0.1) is 22.7 Å². The highest BCUT2D eigenvalue weighted by molar-refractivity contribution is 7.92. The lowest BCUT2D eigenvalue weighted by Crippen LogP contribution is -2.41. The summed E-state index contributed by atoms with van der Waals surface area (Å²) >= 11 is 6.26. The van der Waals surface area contributed by atoms with Crippen molar-refractivity contribution in [3.63, 3.8) is 0 Å². The Morgan fingerprint density at radius 3 is 2.26 bits per heavy atom. The van der Waals surface area contributed by atoms with E-state index in [1.165, 1.54) is 12.1 Å². The molecular weight excluding hydrogens is 436 g/mol. The van der Waals surface area contributed by atoms with Crippen molar-refractivity contribution in [1.82, 2.24) is 5.32 Å². The smallest absolute Gasteiger partial charge is 0.264 e. The van der Waals surface area contributed by atoms with Gasteiger partial charge in [0, 0.05) is 6.54 Å². The molecule has 8 heteroatoms. The molecule has 3 aromatic rings. The number of halogens is 1. The summed E-state index contributed by atoms with van der Waals surface area (Å²) in [5.74, 6) is 0.335. The molecule has 3 aromatic carbocycles. The van der Waals surface area contributed by atoms with E-state index in [1.807, 2.05) is 24.3 Å². The Labute approximate surface area is 187 Å². The molecule has 6 nitrogen and oxygen atoms in total. The predicted octanol–water partition coefficient (Wildman–Crippen LogP) is 3.90. The number of anilines is 1. The average Bonchev–Trinajstić information content (AvgIpc) is 2.79. The van der Waals surface area contributed by atoms with Crippen LogP contribution in [0.2, 0.25) is 5.02 Å². The van der Waals surface area contributed by atoms with Crippen LogP contribution >= 0.6 is 11.6 Å². The molecule has 0 unspecified atom stereocenters. The van der Waals surface area contributed by atoms with Crippen LogP contribution in [0.15, 0.2) is 83.8 Å². The third kappa shape index (κ3) is 5.77. The Bertz CT molecular complexity index is 1120. The quantitative estimate of drug-likeness (QED) is 0.527. The minimum Gasteiger partial charge on any atom is -0.497 e.